The number of rotatable bonds is 3. The fraction of sp³-hybridized carbons (Fsp3) is 0.333. The van der Waals surface area contributed by atoms with Crippen molar-refractivity contribution in [2.24, 2.45) is 0 Å². The van der Waals surface area contributed by atoms with E-state index in [-0.39, 0.29) is 5.92 Å². The molecule has 0 amide bonds. The minimum absolute atomic E-state index is 0.257. The Hall–Kier alpha value is -0.170. The van der Waals surface area contributed by atoms with Gasteiger partial charge in [0, 0.05) is 10.9 Å². The Balaban J connectivity index is 3.03. The first-order chi connectivity index (χ1) is 7.06. The number of hydrogen-bond donors (Lipinski definition) is 0. The van der Waals surface area contributed by atoms with Gasteiger partial charge in [-0.3, -0.25) is 0 Å². The summed E-state index contributed by atoms with van der Waals surface area (Å²) in [4.78, 5) is 0. The second-order valence-electron chi connectivity index (χ2n) is 3.41. The molecule has 0 heterocycles. The molecule has 1 aromatic rings. The lowest BCUT2D eigenvalue weighted by Crippen LogP contribution is -1.91. The van der Waals surface area contributed by atoms with Gasteiger partial charge in [0.2, 0.25) is 0 Å². The molecule has 0 aliphatic heterocycles. The lowest BCUT2D eigenvalue weighted by atomic mass is 10.0. The fourth-order valence-corrected chi connectivity index (χ4v) is 2.06. The molecule has 1 atom stereocenters. The maximum absolute atomic E-state index is 6.10. The van der Waals surface area contributed by atoms with Crippen LogP contribution in [0.5, 0.6) is 0 Å². The Morgan fingerprint density at radius 2 is 1.73 bits per heavy atom. The highest BCUT2D eigenvalue weighted by atomic mass is 35.5. The van der Waals surface area contributed by atoms with E-state index in [1.807, 2.05) is 6.07 Å². The van der Waals surface area contributed by atoms with Crippen LogP contribution in [0.3, 0.4) is 0 Å². The first-order valence-corrected chi connectivity index (χ1v) is 6.00. The van der Waals surface area contributed by atoms with E-state index in [9.17, 15) is 0 Å². The van der Waals surface area contributed by atoms with E-state index >= 15 is 0 Å². The van der Waals surface area contributed by atoms with E-state index in [4.69, 9.17) is 34.8 Å². The predicted octanol–water partition coefficient (Wildman–Crippen LogP) is 5.72. The molecule has 3 heteroatoms. The summed E-state index contributed by atoms with van der Waals surface area (Å²) in [5.74, 6) is 0.257. The van der Waals surface area contributed by atoms with Gasteiger partial charge in [0.25, 0.3) is 0 Å². The van der Waals surface area contributed by atoms with Crippen LogP contribution < -0.4 is 0 Å². The Morgan fingerprint density at radius 3 is 2.33 bits per heavy atom. The first-order valence-electron chi connectivity index (χ1n) is 4.87. The van der Waals surface area contributed by atoms with E-state index in [1.54, 1.807) is 6.07 Å². The summed E-state index contributed by atoms with van der Waals surface area (Å²) in [6.07, 6.45) is 5.25. The molecule has 1 unspecified atom stereocenters. The molecule has 0 spiro atoms. The summed E-state index contributed by atoms with van der Waals surface area (Å²) in [7, 11) is 0. The van der Waals surface area contributed by atoms with E-state index in [2.05, 4.69) is 26.0 Å². The zero-order chi connectivity index (χ0) is 11.4. The van der Waals surface area contributed by atoms with Crippen LogP contribution >= 0.6 is 34.8 Å². The topological polar surface area (TPSA) is 0 Å². The predicted molar refractivity (Wildman–Crippen MR) is 69.3 cm³/mol. The molecule has 0 saturated carbocycles. The smallest absolute Gasteiger partial charge is 0.0607 e. The Labute approximate surface area is 106 Å². The largest absolute Gasteiger partial charge is 0.0882 e. The van der Waals surface area contributed by atoms with Crippen molar-refractivity contribution in [2.75, 3.05) is 0 Å². The molecule has 0 N–H and O–H groups in total. The molecule has 0 aromatic heterocycles. The van der Waals surface area contributed by atoms with Gasteiger partial charge in [-0.05, 0) is 24.1 Å². The molecule has 0 fully saturated rings. The molecule has 1 rings (SSSR count). The van der Waals surface area contributed by atoms with Crippen molar-refractivity contribution < 1.29 is 0 Å². The third-order valence-electron chi connectivity index (χ3n) is 2.19. The van der Waals surface area contributed by atoms with Gasteiger partial charge in [0.1, 0.15) is 0 Å². The quantitative estimate of drug-likeness (QED) is 0.483. The first kappa shape index (κ1) is 12.9. The average molecular weight is 264 g/mol. The minimum Gasteiger partial charge on any atom is -0.0882 e. The summed E-state index contributed by atoms with van der Waals surface area (Å²) >= 11 is 17.9. The molecule has 1 aromatic carbocycles. The van der Waals surface area contributed by atoms with E-state index < -0.39 is 0 Å². The van der Waals surface area contributed by atoms with Gasteiger partial charge in [0.05, 0.1) is 10.0 Å². The van der Waals surface area contributed by atoms with Crippen LogP contribution in [0.1, 0.15) is 31.7 Å². The van der Waals surface area contributed by atoms with Crippen molar-refractivity contribution in [3.05, 3.63) is 44.9 Å². The van der Waals surface area contributed by atoms with Gasteiger partial charge in [-0.1, -0.05) is 60.8 Å². The highest BCUT2D eigenvalue weighted by Crippen LogP contribution is 2.33. The second kappa shape index (κ2) is 5.79. The van der Waals surface area contributed by atoms with Crippen LogP contribution in [-0.4, -0.2) is 0 Å². The maximum atomic E-state index is 6.10. The number of hydrogen-bond acceptors (Lipinski definition) is 0. The van der Waals surface area contributed by atoms with Gasteiger partial charge >= 0.3 is 0 Å². The van der Waals surface area contributed by atoms with Crippen molar-refractivity contribution >= 4 is 34.8 Å². The van der Waals surface area contributed by atoms with Crippen molar-refractivity contribution in [1.82, 2.24) is 0 Å². The third-order valence-corrected chi connectivity index (χ3v) is 3.24. The SMILES string of the molecule is CCC=CC(C)c1cc(Cl)c(Cl)cc1Cl. The summed E-state index contributed by atoms with van der Waals surface area (Å²) in [5.41, 5.74) is 1.01. The normalized spacial score (nSPS) is 13.4. The molecular weight excluding hydrogens is 250 g/mol. The Kier molecular flexibility index (Phi) is 4.98. The lowest BCUT2D eigenvalue weighted by molar-refractivity contribution is 0.957. The van der Waals surface area contributed by atoms with Crippen LogP contribution in [0.15, 0.2) is 24.3 Å². The average Bonchev–Trinajstić information content (AvgIpc) is 2.20. The molecule has 0 aliphatic rings. The number of halogens is 3. The molecular formula is C12H13Cl3. The van der Waals surface area contributed by atoms with E-state index in [0.29, 0.717) is 15.1 Å². The van der Waals surface area contributed by atoms with Crippen molar-refractivity contribution in [3.63, 3.8) is 0 Å². The molecule has 0 radical (unpaired) electrons. The summed E-state index contributed by atoms with van der Waals surface area (Å²) < 4.78 is 0. The highest BCUT2D eigenvalue weighted by Gasteiger charge is 2.10. The fourth-order valence-electron chi connectivity index (χ4n) is 1.33. The number of benzene rings is 1. The van der Waals surface area contributed by atoms with Gasteiger partial charge in [-0.25, -0.2) is 0 Å². The molecule has 82 valence electrons. The summed E-state index contributed by atoms with van der Waals surface area (Å²) in [6.45, 7) is 4.18. The van der Waals surface area contributed by atoms with E-state index in [0.717, 1.165) is 12.0 Å². The molecule has 0 nitrogen and oxygen atoms in total. The minimum atomic E-state index is 0.257. The summed E-state index contributed by atoms with van der Waals surface area (Å²) in [6, 6.07) is 3.52. The van der Waals surface area contributed by atoms with Gasteiger partial charge < -0.3 is 0 Å². The Morgan fingerprint density at radius 1 is 1.13 bits per heavy atom. The zero-order valence-electron chi connectivity index (χ0n) is 8.73. The van der Waals surface area contributed by atoms with Crippen LogP contribution in [0.25, 0.3) is 0 Å². The van der Waals surface area contributed by atoms with Gasteiger partial charge in [-0.2, -0.15) is 0 Å². The second-order valence-corrected chi connectivity index (χ2v) is 4.63. The standard InChI is InChI=1S/C12H13Cl3/c1-3-4-5-8(2)9-6-11(14)12(15)7-10(9)13/h4-8H,3H2,1-2H3. The molecule has 15 heavy (non-hydrogen) atoms. The number of allylic oxidation sites excluding steroid dienone is 2. The van der Waals surface area contributed by atoms with Crippen molar-refractivity contribution in [3.8, 4) is 0 Å². The van der Waals surface area contributed by atoms with Crippen LogP contribution in [0.4, 0.5) is 0 Å². The summed E-state index contributed by atoms with van der Waals surface area (Å²) in [5, 5.41) is 1.71. The van der Waals surface area contributed by atoms with Crippen LogP contribution in [-0.2, 0) is 0 Å². The van der Waals surface area contributed by atoms with Gasteiger partial charge in [0.15, 0.2) is 0 Å². The monoisotopic (exact) mass is 262 g/mol. The highest BCUT2D eigenvalue weighted by molar-refractivity contribution is 6.43. The van der Waals surface area contributed by atoms with Gasteiger partial charge in [-0.15, -0.1) is 0 Å². The van der Waals surface area contributed by atoms with Crippen LogP contribution in [0, 0.1) is 0 Å². The molecule has 0 bridgehead atoms. The third kappa shape index (κ3) is 3.41. The molecule has 0 saturated heterocycles. The maximum Gasteiger partial charge on any atom is 0.0607 e. The van der Waals surface area contributed by atoms with Crippen LogP contribution in [0.2, 0.25) is 15.1 Å². The van der Waals surface area contributed by atoms with Crippen molar-refractivity contribution in [1.29, 1.82) is 0 Å². The van der Waals surface area contributed by atoms with E-state index in [1.165, 1.54) is 0 Å². The lowest BCUT2D eigenvalue weighted by Gasteiger charge is -2.10. The van der Waals surface area contributed by atoms with Crippen molar-refractivity contribution in [2.45, 2.75) is 26.2 Å². The zero-order valence-corrected chi connectivity index (χ0v) is 11.0. The molecule has 0 aliphatic carbocycles. The Bertz CT molecular complexity index is 369.